The van der Waals surface area contributed by atoms with Gasteiger partial charge in [0.15, 0.2) is 0 Å². The Hall–Kier alpha value is -3.06. The third-order valence-corrected chi connectivity index (χ3v) is 3.75. The maximum Gasteiger partial charge on any atom is 0.150 e. The van der Waals surface area contributed by atoms with E-state index in [9.17, 15) is 4.39 Å². The van der Waals surface area contributed by atoms with Gasteiger partial charge in [0, 0.05) is 25.5 Å². The molecule has 3 rings (SSSR count). The number of methoxy groups -OCH3 is 1. The van der Waals surface area contributed by atoms with E-state index < -0.39 is 0 Å². The number of aromatic nitrogens is 3. The van der Waals surface area contributed by atoms with E-state index in [2.05, 4.69) is 25.6 Å². The lowest BCUT2D eigenvalue weighted by Crippen LogP contribution is -2.09. The van der Waals surface area contributed by atoms with E-state index >= 15 is 0 Å². The number of nitrogens with zero attached hydrogens (tertiary/aromatic N) is 3. The van der Waals surface area contributed by atoms with Crippen molar-refractivity contribution in [2.24, 2.45) is 0 Å². The minimum atomic E-state index is -0.253. The maximum absolute atomic E-state index is 13.1. The van der Waals surface area contributed by atoms with Gasteiger partial charge < -0.3 is 15.4 Å². The largest absolute Gasteiger partial charge is 0.380 e. The first-order valence-electron chi connectivity index (χ1n) is 8.19. The van der Waals surface area contributed by atoms with Crippen molar-refractivity contribution in [3.8, 4) is 0 Å². The van der Waals surface area contributed by atoms with Gasteiger partial charge in [0.2, 0.25) is 0 Å². The van der Waals surface area contributed by atoms with Crippen LogP contribution in [0.5, 0.6) is 0 Å². The molecule has 0 aliphatic rings. The number of ether oxygens (including phenoxy) is 1. The Morgan fingerprint density at radius 2 is 1.85 bits per heavy atom. The van der Waals surface area contributed by atoms with Crippen LogP contribution >= 0.6 is 0 Å². The van der Waals surface area contributed by atoms with Gasteiger partial charge in [-0.25, -0.2) is 14.4 Å². The van der Waals surface area contributed by atoms with Gasteiger partial charge in [-0.1, -0.05) is 12.1 Å². The molecule has 0 spiro atoms. The molecule has 0 aliphatic carbocycles. The molecule has 0 saturated heterocycles. The molecule has 7 heteroatoms. The summed E-state index contributed by atoms with van der Waals surface area (Å²) in [6.07, 6.45) is 4.84. The SMILES string of the molecule is COCc1cc(Nc2cnccn2)nc(N[C@@H](C)c2ccc(F)cc2)c1. The quantitative estimate of drug-likeness (QED) is 0.667. The summed E-state index contributed by atoms with van der Waals surface area (Å²) in [7, 11) is 1.64. The van der Waals surface area contributed by atoms with Crippen LogP contribution in [0.3, 0.4) is 0 Å². The zero-order valence-corrected chi connectivity index (χ0v) is 14.6. The van der Waals surface area contributed by atoms with Gasteiger partial charge in [0.1, 0.15) is 23.3 Å². The highest BCUT2D eigenvalue weighted by Crippen LogP contribution is 2.22. The normalized spacial score (nSPS) is 11.8. The smallest absolute Gasteiger partial charge is 0.150 e. The Bertz CT molecular complexity index is 842. The van der Waals surface area contributed by atoms with Crippen molar-refractivity contribution in [3.63, 3.8) is 0 Å². The molecule has 6 nitrogen and oxygen atoms in total. The molecular formula is C19H20FN5O. The standard InChI is InChI=1S/C19H20FN5O/c1-13(15-3-5-16(20)6-4-15)23-17-9-14(12-26-2)10-18(24-17)25-19-11-21-7-8-22-19/h3-11,13H,12H2,1-2H3,(H2,22,23,24,25)/t13-/m0/s1. The van der Waals surface area contributed by atoms with Crippen molar-refractivity contribution in [1.82, 2.24) is 15.0 Å². The second-order valence-corrected chi connectivity index (χ2v) is 5.81. The molecule has 3 aromatic rings. The molecule has 0 radical (unpaired) electrons. The number of hydrogen-bond acceptors (Lipinski definition) is 6. The van der Waals surface area contributed by atoms with Gasteiger partial charge >= 0.3 is 0 Å². The van der Waals surface area contributed by atoms with E-state index in [0.29, 0.717) is 24.1 Å². The van der Waals surface area contributed by atoms with Crippen LogP contribution in [0.1, 0.15) is 24.1 Å². The van der Waals surface area contributed by atoms with Gasteiger partial charge in [0.05, 0.1) is 12.8 Å². The highest BCUT2D eigenvalue weighted by Gasteiger charge is 2.09. The number of pyridine rings is 1. The first-order valence-corrected chi connectivity index (χ1v) is 8.19. The third-order valence-electron chi connectivity index (χ3n) is 3.75. The van der Waals surface area contributed by atoms with Crippen molar-refractivity contribution in [3.05, 3.63) is 71.9 Å². The van der Waals surface area contributed by atoms with E-state index in [0.717, 1.165) is 11.1 Å². The fourth-order valence-corrected chi connectivity index (χ4v) is 2.53. The fourth-order valence-electron chi connectivity index (χ4n) is 2.53. The molecule has 1 aromatic carbocycles. The Morgan fingerprint density at radius 3 is 2.54 bits per heavy atom. The van der Waals surface area contributed by atoms with Crippen LogP contribution in [0, 0.1) is 5.82 Å². The van der Waals surface area contributed by atoms with Gasteiger partial charge in [-0.2, -0.15) is 0 Å². The minimum Gasteiger partial charge on any atom is -0.380 e. The average molecular weight is 353 g/mol. The fraction of sp³-hybridized carbons (Fsp3) is 0.211. The maximum atomic E-state index is 13.1. The molecule has 0 amide bonds. The predicted molar refractivity (Wildman–Crippen MR) is 98.7 cm³/mol. The summed E-state index contributed by atoms with van der Waals surface area (Å²) >= 11 is 0. The molecule has 1 atom stereocenters. The molecule has 0 unspecified atom stereocenters. The van der Waals surface area contributed by atoms with Crippen molar-refractivity contribution < 1.29 is 9.13 Å². The van der Waals surface area contributed by atoms with E-state index in [1.807, 2.05) is 19.1 Å². The van der Waals surface area contributed by atoms with Crippen LogP contribution in [-0.4, -0.2) is 22.1 Å². The van der Waals surface area contributed by atoms with Crippen LogP contribution < -0.4 is 10.6 Å². The third kappa shape index (κ3) is 4.73. The van der Waals surface area contributed by atoms with Gasteiger partial charge in [-0.15, -0.1) is 0 Å². The van der Waals surface area contributed by atoms with Crippen molar-refractivity contribution in [2.75, 3.05) is 17.7 Å². The first-order chi connectivity index (χ1) is 12.6. The number of anilines is 3. The van der Waals surface area contributed by atoms with Gasteiger partial charge in [-0.05, 0) is 42.3 Å². The van der Waals surface area contributed by atoms with Gasteiger partial charge in [-0.3, -0.25) is 4.98 Å². The van der Waals surface area contributed by atoms with E-state index in [-0.39, 0.29) is 11.9 Å². The van der Waals surface area contributed by atoms with Crippen LogP contribution in [0.2, 0.25) is 0 Å². The molecule has 0 bridgehead atoms. The lowest BCUT2D eigenvalue weighted by atomic mass is 10.1. The molecule has 2 aromatic heterocycles. The molecule has 2 heterocycles. The Morgan fingerprint density at radius 1 is 1.08 bits per heavy atom. The number of halogens is 1. The Kier molecular flexibility index (Phi) is 5.70. The molecule has 0 fully saturated rings. The van der Waals surface area contributed by atoms with Crippen LogP contribution in [0.25, 0.3) is 0 Å². The van der Waals surface area contributed by atoms with Crippen LogP contribution in [0.15, 0.2) is 55.0 Å². The lowest BCUT2D eigenvalue weighted by molar-refractivity contribution is 0.185. The van der Waals surface area contributed by atoms with E-state index in [4.69, 9.17) is 4.74 Å². The zero-order valence-electron chi connectivity index (χ0n) is 14.6. The molecule has 0 aliphatic heterocycles. The summed E-state index contributed by atoms with van der Waals surface area (Å²) in [5.74, 6) is 1.67. The number of nitrogens with one attached hydrogen (secondary N) is 2. The van der Waals surface area contributed by atoms with Crippen molar-refractivity contribution in [1.29, 1.82) is 0 Å². The number of benzene rings is 1. The molecule has 134 valence electrons. The summed E-state index contributed by atoms with van der Waals surface area (Å²) in [4.78, 5) is 12.8. The predicted octanol–water partition coefficient (Wildman–Crippen LogP) is 4.07. The van der Waals surface area contributed by atoms with Gasteiger partial charge in [0.25, 0.3) is 0 Å². The molecular weight excluding hydrogens is 333 g/mol. The second-order valence-electron chi connectivity index (χ2n) is 5.81. The summed E-state index contributed by atoms with van der Waals surface area (Å²) < 4.78 is 18.3. The second kappa shape index (κ2) is 8.35. The topological polar surface area (TPSA) is 72.0 Å². The summed E-state index contributed by atoms with van der Waals surface area (Å²) in [5, 5.41) is 6.47. The number of hydrogen-bond donors (Lipinski definition) is 2. The number of rotatable bonds is 7. The lowest BCUT2D eigenvalue weighted by Gasteiger charge is -2.17. The zero-order chi connectivity index (χ0) is 18.4. The van der Waals surface area contributed by atoms with E-state index in [1.54, 1.807) is 37.8 Å². The van der Waals surface area contributed by atoms with E-state index in [1.165, 1.54) is 12.1 Å². The highest BCUT2D eigenvalue weighted by molar-refractivity contribution is 5.56. The Labute approximate surface area is 151 Å². The monoisotopic (exact) mass is 353 g/mol. The molecule has 26 heavy (non-hydrogen) atoms. The highest BCUT2D eigenvalue weighted by atomic mass is 19.1. The molecule has 2 N–H and O–H groups in total. The average Bonchev–Trinajstić information content (AvgIpc) is 2.63. The first kappa shape index (κ1) is 17.8. The minimum absolute atomic E-state index is 0.0368. The van der Waals surface area contributed by atoms with Crippen molar-refractivity contribution in [2.45, 2.75) is 19.6 Å². The summed E-state index contributed by atoms with van der Waals surface area (Å²) in [6.45, 7) is 2.45. The Balaban J connectivity index is 1.82. The summed E-state index contributed by atoms with van der Waals surface area (Å²) in [5.41, 5.74) is 1.93. The van der Waals surface area contributed by atoms with Crippen LogP contribution in [0.4, 0.5) is 21.8 Å². The van der Waals surface area contributed by atoms with Crippen molar-refractivity contribution >= 4 is 17.5 Å². The summed E-state index contributed by atoms with van der Waals surface area (Å²) in [6, 6.07) is 10.2. The molecule has 0 saturated carbocycles. The van der Waals surface area contributed by atoms with Crippen LogP contribution in [-0.2, 0) is 11.3 Å².